The predicted molar refractivity (Wildman–Crippen MR) is 95.1 cm³/mol. The van der Waals surface area contributed by atoms with Crippen LogP contribution in [0.4, 0.5) is 4.39 Å². The molecule has 5 nitrogen and oxygen atoms in total. The van der Waals surface area contributed by atoms with Gasteiger partial charge in [-0.2, -0.15) is 0 Å². The summed E-state index contributed by atoms with van der Waals surface area (Å²) in [5.41, 5.74) is 1.43. The molecule has 2 aromatic rings. The first kappa shape index (κ1) is 19.7. The molecule has 1 N–H and O–H groups in total. The van der Waals surface area contributed by atoms with Crippen molar-refractivity contribution >= 4 is 5.97 Å². The molecule has 0 aromatic heterocycles. The molecule has 0 amide bonds. The number of rotatable bonds is 9. The predicted octanol–water partition coefficient (Wildman–Crippen LogP) is 3.83. The number of hydrogen-bond acceptors (Lipinski definition) is 4. The lowest BCUT2D eigenvalue weighted by atomic mass is 10.1. The molecule has 0 fully saturated rings. The second-order valence-corrected chi connectivity index (χ2v) is 6.12. The van der Waals surface area contributed by atoms with E-state index in [-0.39, 0.29) is 24.9 Å². The fraction of sp³-hybridized carbons (Fsp3) is 0.350. The molecule has 0 aliphatic heterocycles. The number of ether oxygens (including phenoxy) is 3. The highest BCUT2D eigenvalue weighted by Crippen LogP contribution is 2.29. The van der Waals surface area contributed by atoms with Gasteiger partial charge in [0.15, 0.2) is 17.6 Å². The number of benzene rings is 2. The van der Waals surface area contributed by atoms with Crippen LogP contribution < -0.4 is 9.47 Å². The Morgan fingerprint density at radius 1 is 1.12 bits per heavy atom. The van der Waals surface area contributed by atoms with Gasteiger partial charge in [0.05, 0.1) is 13.2 Å². The van der Waals surface area contributed by atoms with Gasteiger partial charge in [-0.3, -0.25) is 0 Å². The van der Waals surface area contributed by atoms with E-state index in [1.807, 2.05) is 0 Å². The van der Waals surface area contributed by atoms with Crippen LogP contribution in [-0.2, 0) is 22.6 Å². The Hall–Kier alpha value is -2.60. The van der Waals surface area contributed by atoms with Gasteiger partial charge in [0, 0.05) is 6.42 Å². The monoisotopic (exact) mass is 362 g/mol. The Kier molecular flexibility index (Phi) is 6.97. The number of hydrogen-bond donors (Lipinski definition) is 1. The largest absolute Gasteiger partial charge is 0.493 e. The molecular formula is C20H23FO5. The molecule has 6 heteroatoms. The fourth-order valence-corrected chi connectivity index (χ4v) is 2.48. The van der Waals surface area contributed by atoms with Gasteiger partial charge in [-0.05, 0) is 49.2 Å². The van der Waals surface area contributed by atoms with E-state index in [1.165, 1.54) is 19.2 Å². The summed E-state index contributed by atoms with van der Waals surface area (Å²) in [6, 6.07) is 11.3. The minimum Gasteiger partial charge on any atom is -0.493 e. The average Bonchev–Trinajstić information content (AvgIpc) is 2.59. The number of methoxy groups -OCH3 is 1. The van der Waals surface area contributed by atoms with Crippen molar-refractivity contribution in [2.75, 3.05) is 7.11 Å². The highest BCUT2D eigenvalue weighted by Gasteiger charge is 2.21. The zero-order chi connectivity index (χ0) is 19.1. The topological polar surface area (TPSA) is 65.0 Å². The maximum absolute atomic E-state index is 13.3. The molecule has 26 heavy (non-hydrogen) atoms. The Labute approximate surface area is 152 Å². The molecule has 0 spiro atoms. The Balaban J connectivity index is 2.15. The Bertz CT molecular complexity index is 745. The van der Waals surface area contributed by atoms with Crippen molar-refractivity contribution in [2.45, 2.75) is 39.1 Å². The molecule has 1 unspecified atom stereocenters. The van der Waals surface area contributed by atoms with Crippen molar-refractivity contribution in [3.63, 3.8) is 0 Å². The maximum Gasteiger partial charge on any atom is 0.333 e. The summed E-state index contributed by atoms with van der Waals surface area (Å²) in [5.74, 6) is -0.372. The van der Waals surface area contributed by atoms with Crippen molar-refractivity contribution < 1.29 is 28.5 Å². The van der Waals surface area contributed by atoms with E-state index in [0.29, 0.717) is 17.1 Å². The molecule has 140 valence electrons. The van der Waals surface area contributed by atoms with E-state index < -0.39 is 12.1 Å². The van der Waals surface area contributed by atoms with Gasteiger partial charge in [0.1, 0.15) is 12.4 Å². The molecular weight excluding hydrogens is 339 g/mol. The molecule has 0 radical (unpaired) electrons. The smallest absolute Gasteiger partial charge is 0.333 e. The van der Waals surface area contributed by atoms with Gasteiger partial charge in [0.2, 0.25) is 0 Å². The quantitative estimate of drug-likeness (QED) is 0.734. The molecule has 2 aromatic carbocycles. The summed E-state index contributed by atoms with van der Waals surface area (Å²) in [6.45, 7) is 3.75. The molecule has 0 saturated heterocycles. The summed E-state index contributed by atoms with van der Waals surface area (Å²) in [7, 11) is 1.52. The van der Waals surface area contributed by atoms with E-state index >= 15 is 0 Å². The van der Waals surface area contributed by atoms with Crippen LogP contribution >= 0.6 is 0 Å². The highest BCUT2D eigenvalue weighted by atomic mass is 19.1. The molecule has 0 bridgehead atoms. The lowest BCUT2D eigenvalue weighted by molar-refractivity contribution is -0.153. The van der Waals surface area contributed by atoms with Crippen molar-refractivity contribution in [1.82, 2.24) is 0 Å². The third kappa shape index (κ3) is 5.74. The van der Waals surface area contributed by atoms with Crippen LogP contribution in [-0.4, -0.2) is 30.4 Å². The fourth-order valence-electron chi connectivity index (χ4n) is 2.48. The van der Waals surface area contributed by atoms with Crippen LogP contribution in [0.2, 0.25) is 0 Å². The summed E-state index contributed by atoms with van der Waals surface area (Å²) >= 11 is 0. The molecule has 2 rings (SSSR count). The van der Waals surface area contributed by atoms with E-state index in [9.17, 15) is 14.3 Å². The minimum absolute atomic E-state index is 0.169. The SMILES string of the molecule is COc1ccc(CC(OC(C)C)C(=O)O)cc1OCc1cccc(F)c1. The van der Waals surface area contributed by atoms with Crippen LogP contribution in [0, 0.1) is 5.82 Å². The molecule has 0 aliphatic carbocycles. The number of aliphatic carboxylic acids is 1. The van der Waals surface area contributed by atoms with E-state index in [0.717, 1.165) is 5.56 Å². The van der Waals surface area contributed by atoms with Gasteiger partial charge in [-0.1, -0.05) is 18.2 Å². The second kappa shape index (κ2) is 9.20. The summed E-state index contributed by atoms with van der Waals surface area (Å²) < 4.78 is 29.8. The highest BCUT2D eigenvalue weighted by molar-refractivity contribution is 5.72. The summed E-state index contributed by atoms with van der Waals surface area (Å²) in [5, 5.41) is 9.32. The second-order valence-electron chi connectivity index (χ2n) is 6.12. The lowest BCUT2D eigenvalue weighted by Crippen LogP contribution is -2.29. The third-order valence-corrected chi connectivity index (χ3v) is 3.64. The molecule has 1 atom stereocenters. The minimum atomic E-state index is -1.02. The Morgan fingerprint density at radius 3 is 2.50 bits per heavy atom. The third-order valence-electron chi connectivity index (χ3n) is 3.64. The number of carbonyl (C=O) groups is 1. The van der Waals surface area contributed by atoms with Gasteiger partial charge in [-0.15, -0.1) is 0 Å². The van der Waals surface area contributed by atoms with Crippen LogP contribution in [0.3, 0.4) is 0 Å². The zero-order valence-electron chi connectivity index (χ0n) is 15.1. The number of halogens is 1. The van der Waals surface area contributed by atoms with Crippen molar-refractivity contribution in [1.29, 1.82) is 0 Å². The standard InChI is InChI=1S/C20H23FO5/c1-13(2)26-19(20(22)23)11-14-7-8-17(24-3)18(10-14)25-12-15-5-4-6-16(21)9-15/h4-10,13,19H,11-12H2,1-3H3,(H,22,23). The van der Waals surface area contributed by atoms with Crippen LogP contribution in [0.15, 0.2) is 42.5 Å². The van der Waals surface area contributed by atoms with Crippen LogP contribution in [0.1, 0.15) is 25.0 Å². The first-order valence-electron chi connectivity index (χ1n) is 8.31. The van der Waals surface area contributed by atoms with E-state index in [4.69, 9.17) is 14.2 Å². The van der Waals surface area contributed by atoms with Gasteiger partial charge in [-0.25, -0.2) is 9.18 Å². The molecule has 0 heterocycles. The summed E-state index contributed by atoms with van der Waals surface area (Å²) in [6.07, 6.45) is -0.939. The zero-order valence-corrected chi connectivity index (χ0v) is 15.1. The van der Waals surface area contributed by atoms with Crippen LogP contribution in [0.5, 0.6) is 11.5 Å². The maximum atomic E-state index is 13.3. The first-order valence-corrected chi connectivity index (χ1v) is 8.31. The summed E-state index contributed by atoms with van der Waals surface area (Å²) in [4.78, 5) is 11.4. The van der Waals surface area contributed by atoms with Crippen molar-refractivity contribution in [2.24, 2.45) is 0 Å². The average molecular weight is 362 g/mol. The first-order chi connectivity index (χ1) is 12.4. The lowest BCUT2D eigenvalue weighted by Gasteiger charge is -2.18. The van der Waals surface area contributed by atoms with Gasteiger partial charge < -0.3 is 19.3 Å². The molecule has 0 aliphatic rings. The Morgan fingerprint density at radius 2 is 1.88 bits per heavy atom. The number of carboxylic acid groups (broad SMARTS) is 1. The molecule has 0 saturated carbocycles. The van der Waals surface area contributed by atoms with Crippen molar-refractivity contribution in [3.05, 3.63) is 59.4 Å². The van der Waals surface area contributed by atoms with Crippen molar-refractivity contribution in [3.8, 4) is 11.5 Å². The normalized spacial score (nSPS) is 12.0. The van der Waals surface area contributed by atoms with E-state index in [2.05, 4.69) is 0 Å². The van der Waals surface area contributed by atoms with E-state index in [1.54, 1.807) is 44.2 Å². The van der Waals surface area contributed by atoms with Gasteiger partial charge in [0.25, 0.3) is 0 Å². The van der Waals surface area contributed by atoms with Gasteiger partial charge >= 0.3 is 5.97 Å². The number of carboxylic acids is 1. The van der Waals surface area contributed by atoms with Crippen LogP contribution in [0.25, 0.3) is 0 Å².